The third-order valence-electron chi connectivity index (χ3n) is 4.20. The summed E-state index contributed by atoms with van der Waals surface area (Å²) in [6.07, 6.45) is 4.11. The van der Waals surface area contributed by atoms with Gasteiger partial charge in [0.05, 0.1) is 5.92 Å². The van der Waals surface area contributed by atoms with Crippen molar-refractivity contribution >= 4 is 5.91 Å². The number of nitrogens with zero attached hydrogens (tertiary/aromatic N) is 6. The van der Waals surface area contributed by atoms with E-state index in [0.29, 0.717) is 36.2 Å². The minimum Gasteiger partial charge on any atom is -0.339 e. The molecule has 0 spiro atoms. The van der Waals surface area contributed by atoms with Crippen molar-refractivity contribution in [3.8, 4) is 11.5 Å². The summed E-state index contributed by atoms with van der Waals surface area (Å²) in [4.78, 5) is 23.0. The summed E-state index contributed by atoms with van der Waals surface area (Å²) in [5.74, 6) is 1.05. The smallest absolute Gasteiger partial charge is 0.272 e. The molecule has 3 aromatic rings. The van der Waals surface area contributed by atoms with Crippen molar-refractivity contribution in [2.24, 2.45) is 7.05 Å². The fourth-order valence-corrected chi connectivity index (χ4v) is 2.89. The van der Waals surface area contributed by atoms with Crippen LogP contribution in [0.4, 0.5) is 0 Å². The van der Waals surface area contributed by atoms with Crippen LogP contribution in [0.25, 0.3) is 11.5 Å². The van der Waals surface area contributed by atoms with Crippen LogP contribution in [-0.4, -0.2) is 48.8 Å². The van der Waals surface area contributed by atoms with Crippen LogP contribution in [0.15, 0.2) is 41.2 Å². The van der Waals surface area contributed by atoms with Crippen molar-refractivity contribution in [3.63, 3.8) is 0 Å². The van der Waals surface area contributed by atoms with Crippen LogP contribution in [0.5, 0.6) is 0 Å². The minimum absolute atomic E-state index is 0.0260. The molecular weight excluding hydrogens is 308 g/mol. The fraction of sp³-hybridized carbons (Fsp3) is 0.312. The molecule has 4 rings (SSSR count). The maximum absolute atomic E-state index is 12.5. The molecule has 0 N–H and O–H groups in total. The predicted octanol–water partition coefficient (Wildman–Crippen LogP) is 1.49. The molecule has 0 radical (unpaired) electrons. The van der Waals surface area contributed by atoms with E-state index in [1.54, 1.807) is 35.1 Å². The van der Waals surface area contributed by atoms with E-state index in [-0.39, 0.29) is 11.8 Å². The Balaban J connectivity index is 1.49. The van der Waals surface area contributed by atoms with Crippen LogP contribution in [-0.2, 0) is 7.05 Å². The average molecular weight is 324 g/mol. The zero-order valence-corrected chi connectivity index (χ0v) is 13.2. The standard InChI is InChI=1S/C16H16N6O2/c1-21-13(5-8-18-21)16(23)22-9-6-11(10-22)15-19-14(20-24-15)12-4-2-3-7-17-12/h2-5,7-8,11H,6,9-10H2,1H3. The highest BCUT2D eigenvalue weighted by Gasteiger charge is 2.32. The Morgan fingerprint density at radius 1 is 1.29 bits per heavy atom. The van der Waals surface area contributed by atoms with Crippen molar-refractivity contribution in [2.75, 3.05) is 13.1 Å². The van der Waals surface area contributed by atoms with Gasteiger partial charge in [-0.2, -0.15) is 10.1 Å². The Morgan fingerprint density at radius 3 is 2.96 bits per heavy atom. The quantitative estimate of drug-likeness (QED) is 0.725. The lowest BCUT2D eigenvalue weighted by Gasteiger charge is -2.15. The van der Waals surface area contributed by atoms with E-state index < -0.39 is 0 Å². The largest absolute Gasteiger partial charge is 0.339 e. The molecule has 8 nitrogen and oxygen atoms in total. The topological polar surface area (TPSA) is 89.9 Å². The van der Waals surface area contributed by atoms with Crippen LogP contribution >= 0.6 is 0 Å². The van der Waals surface area contributed by atoms with Gasteiger partial charge in [0.25, 0.3) is 5.91 Å². The van der Waals surface area contributed by atoms with Crippen molar-refractivity contribution in [1.29, 1.82) is 0 Å². The molecule has 1 saturated heterocycles. The summed E-state index contributed by atoms with van der Waals surface area (Å²) >= 11 is 0. The van der Waals surface area contributed by atoms with Gasteiger partial charge in [-0.15, -0.1) is 0 Å². The molecule has 1 atom stereocenters. The molecule has 1 amide bonds. The number of likely N-dealkylation sites (tertiary alicyclic amines) is 1. The van der Waals surface area contributed by atoms with Crippen molar-refractivity contribution in [2.45, 2.75) is 12.3 Å². The van der Waals surface area contributed by atoms with Crippen molar-refractivity contribution in [1.82, 2.24) is 29.8 Å². The summed E-state index contributed by atoms with van der Waals surface area (Å²) < 4.78 is 6.97. The number of carbonyl (C=O) groups is 1. The van der Waals surface area contributed by atoms with Crippen LogP contribution in [0.1, 0.15) is 28.7 Å². The second-order valence-corrected chi connectivity index (χ2v) is 5.75. The van der Waals surface area contributed by atoms with E-state index in [1.807, 2.05) is 18.2 Å². The lowest BCUT2D eigenvalue weighted by atomic mass is 10.1. The fourth-order valence-electron chi connectivity index (χ4n) is 2.89. The average Bonchev–Trinajstić information content (AvgIpc) is 3.35. The second-order valence-electron chi connectivity index (χ2n) is 5.75. The SMILES string of the molecule is Cn1nccc1C(=O)N1CCC(c2nc(-c3ccccn3)no2)C1. The summed E-state index contributed by atoms with van der Waals surface area (Å²) in [5, 5.41) is 8.04. The van der Waals surface area contributed by atoms with E-state index in [9.17, 15) is 4.79 Å². The predicted molar refractivity (Wildman–Crippen MR) is 84.0 cm³/mol. The lowest BCUT2D eigenvalue weighted by molar-refractivity contribution is 0.0778. The third kappa shape index (κ3) is 2.55. The van der Waals surface area contributed by atoms with Crippen LogP contribution in [0, 0.1) is 0 Å². The first-order valence-electron chi connectivity index (χ1n) is 7.74. The van der Waals surface area contributed by atoms with Gasteiger partial charge in [-0.25, -0.2) is 0 Å². The van der Waals surface area contributed by atoms with Crippen LogP contribution in [0.2, 0.25) is 0 Å². The van der Waals surface area contributed by atoms with Gasteiger partial charge in [-0.1, -0.05) is 11.2 Å². The first kappa shape index (κ1) is 14.6. The Hall–Kier alpha value is -3.03. The zero-order valence-electron chi connectivity index (χ0n) is 13.2. The molecule has 1 unspecified atom stereocenters. The summed E-state index contributed by atoms with van der Waals surface area (Å²) in [6.45, 7) is 1.23. The van der Waals surface area contributed by atoms with E-state index >= 15 is 0 Å². The molecule has 1 aliphatic heterocycles. The van der Waals surface area contributed by atoms with E-state index in [2.05, 4.69) is 20.2 Å². The number of amides is 1. The molecule has 1 fully saturated rings. The molecule has 1 aliphatic rings. The molecule has 0 saturated carbocycles. The number of aromatic nitrogens is 5. The molecule has 24 heavy (non-hydrogen) atoms. The Bertz CT molecular complexity index is 856. The molecule has 0 aromatic carbocycles. The monoisotopic (exact) mass is 324 g/mol. The number of pyridine rings is 1. The van der Waals surface area contributed by atoms with Crippen LogP contribution < -0.4 is 0 Å². The van der Waals surface area contributed by atoms with E-state index in [4.69, 9.17) is 4.52 Å². The third-order valence-corrected chi connectivity index (χ3v) is 4.20. The number of rotatable bonds is 3. The van der Waals surface area contributed by atoms with Gasteiger partial charge < -0.3 is 9.42 Å². The molecule has 3 aromatic heterocycles. The van der Waals surface area contributed by atoms with Gasteiger partial charge in [0.1, 0.15) is 11.4 Å². The van der Waals surface area contributed by atoms with Crippen molar-refractivity contribution < 1.29 is 9.32 Å². The summed E-state index contributed by atoms with van der Waals surface area (Å²) in [7, 11) is 1.76. The molecule has 8 heteroatoms. The van der Waals surface area contributed by atoms with E-state index in [0.717, 1.165) is 6.42 Å². The highest BCUT2D eigenvalue weighted by Crippen LogP contribution is 2.28. The highest BCUT2D eigenvalue weighted by atomic mass is 16.5. The van der Waals surface area contributed by atoms with Gasteiger partial charge in [0, 0.05) is 32.5 Å². The number of carbonyl (C=O) groups excluding carboxylic acids is 1. The van der Waals surface area contributed by atoms with Gasteiger partial charge in [-0.3, -0.25) is 14.5 Å². The van der Waals surface area contributed by atoms with Gasteiger partial charge >= 0.3 is 0 Å². The summed E-state index contributed by atoms with van der Waals surface area (Å²) in [5.41, 5.74) is 1.25. The number of aryl methyl sites for hydroxylation is 1. The van der Waals surface area contributed by atoms with Crippen molar-refractivity contribution in [3.05, 3.63) is 48.2 Å². The minimum atomic E-state index is -0.0260. The molecule has 122 valence electrons. The normalized spacial score (nSPS) is 17.4. The Kier molecular flexibility index (Phi) is 3.56. The molecule has 4 heterocycles. The number of hydrogen-bond donors (Lipinski definition) is 0. The first-order valence-corrected chi connectivity index (χ1v) is 7.74. The van der Waals surface area contributed by atoms with Gasteiger partial charge in [0.15, 0.2) is 0 Å². The molecular formula is C16H16N6O2. The molecule has 0 bridgehead atoms. The highest BCUT2D eigenvalue weighted by molar-refractivity contribution is 5.92. The van der Waals surface area contributed by atoms with Gasteiger partial charge in [-0.05, 0) is 24.6 Å². The molecule has 0 aliphatic carbocycles. The van der Waals surface area contributed by atoms with Crippen LogP contribution in [0.3, 0.4) is 0 Å². The Morgan fingerprint density at radius 2 is 2.21 bits per heavy atom. The lowest BCUT2D eigenvalue weighted by Crippen LogP contribution is -2.30. The van der Waals surface area contributed by atoms with Gasteiger partial charge in [0.2, 0.25) is 11.7 Å². The maximum Gasteiger partial charge on any atom is 0.272 e. The summed E-state index contributed by atoms with van der Waals surface area (Å²) in [6, 6.07) is 7.27. The maximum atomic E-state index is 12.5. The first-order chi connectivity index (χ1) is 11.7. The van der Waals surface area contributed by atoms with E-state index in [1.165, 1.54) is 0 Å². The second kappa shape index (κ2) is 5.88. The zero-order chi connectivity index (χ0) is 16.5. The number of hydrogen-bond acceptors (Lipinski definition) is 6. The Labute approximate surface area is 138 Å².